The van der Waals surface area contributed by atoms with Crippen LogP contribution in [0, 0.1) is 5.92 Å². The predicted molar refractivity (Wildman–Crippen MR) is 114 cm³/mol. The van der Waals surface area contributed by atoms with E-state index in [9.17, 15) is 9.59 Å². The van der Waals surface area contributed by atoms with Crippen LogP contribution in [0.1, 0.15) is 37.3 Å². The maximum absolute atomic E-state index is 13.6. The number of fused-ring (bicyclic) bond motifs is 1. The SMILES string of the molecule is COC1CCC2C(=O)C3=C(OC2C1)C(=O)N(CCCN(C)C)C3c1cccc(Cl)c1. The summed E-state index contributed by atoms with van der Waals surface area (Å²) in [5.41, 5.74) is 1.36. The Morgan fingerprint density at radius 2 is 2.07 bits per heavy atom. The molecule has 2 aliphatic heterocycles. The molecule has 1 fully saturated rings. The van der Waals surface area contributed by atoms with Gasteiger partial charge in [-0.1, -0.05) is 23.7 Å². The van der Waals surface area contributed by atoms with Crippen molar-refractivity contribution in [3.8, 4) is 0 Å². The van der Waals surface area contributed by atoms with Crippen LogP contribution in [0.3, 0.4) is 0 Å². The molecule has 0 bridgehead atoms. The summed E-state index contributed by atoms with van der Waals surface area (Å²) in [6.07, 6.45) is 2.77. The van der Waals surface area contributed by atoms with Gasteiger partial charge in [0.15, 0.2) is 11.5 Å². The number of nitrogens with zero attached hydrogens (tertiary/aromatic N) is 2. The van der Waals surface area contributed by atoms with Gasteiger partial charge in [-0.25, -0.2) is 0 Å². The summed E-state index contributed by atoms with van der Waals surface area (Å²) in [4.78, 5) is 30.8. The molecule has 2 heterocycles. The highest BCUT2D eigenvalue weighted by atomic mass is 35.5. The number of hydrogen-bond donors (Lipinski definition) is 0. The molecular formula is C23H29ClN2O4. The molecule has 0 aromatic heterocycles. The first kappa shape index (κ1) is 21.3. The van der Waals surface area contributed by atoms with Gasteiger partial charge in [0.2, 0.25) is 0 Å². The van der Waals surface area contributed by atoms with Crippen molar-refractivity contribution < 1.29 is 19.1 Å². The molecule has 0 saturated heterocycles. The zero-order valence-electron chi connectivity index (χ0n) is 17.8. The van der Waals surface area contributed by atoms with E-state index < -0.39 is 6.04 Å². The van der Waals surface area contributed by atoms with E-state index in [1.54, 1.807) is 18.1 Å². The lowest BCUT2D eigenvalue weighted by Gasteiger charge is -2.38. The average Bonchev–Trinajstić information content (AvgIpc) is 3.00. The van der Waals surface area contributed by atoms with E-state index in [1.165, 1.54) is 0 Å². The molecule has 3 aliphatic rings. The van der Waals surface area contributed by atoms with Gasteiger partial charge in [-0.05, 0) is 57.6 Å². The van der Waals surface area contributed by atoms with Gasteiger partial charge in [-0.3, -0.25) is 9.59 Å². The van der Waals surface area contributed by atoms with Crippen molar-refractivity contribution in [2.75, 3.05) is 34.3 Å². The summed E-state index contributed by atoms with van der Waals surface area (Å²) < 4.78 is 11.7. The zero-order valence-corrected chi connectivity index (χ0v) is 18.5. The zero-order chi connectivity index (χ0) is 21.4. The Bertz CT molecular complexity index is 869. The van der Waals surface area contributed by atoms with Crippen molar-refractivity contribution in [2.45, 2.75) is 43.9 Å². The molecule has 162 valence electrons. The van der Waals surface area contributed by atoms with Crippen molar-refractivity contribution in [3.63, 3.8) is 0 Å². The standard InChI is InChI=1S/C23H29ClN2O4/c1-25(2)10-5-11-26-20(14-6-4-7-15(24)12-14)19-21(27)17-9-8-16(29-3)13-18(17)30-22(19)23(26)28/h4,6-7,12,16-18,20H,5,8-11,13H2,1-3H3. The Morgan fingerprint density at radius 3 is 2.77 bits per heavy atom. The third-order valence-electron chi connectivity index (χ3n) is 6.40. The van der Waals surface area contributed by atoms with E-state index in [0.717, 1.165) is 31.4 Å². The lowest BCUT2D eigenvalue weighted by molar-refractivity contribution is -0.138. The first-order chi connectivity index (χ1) is 14.4. The van der Waals surface area contributed by atoms with Gasteiger partial charge < -0.3 is 19.3 Å². The minimum Gasteiger partial charge on any atom is -0.483 e. The predicted octanol–water partition coefficient (Wildman–Crippen LogP) is 3.21. The van der Waals surface area contributed by atoms with Gasteiger partial charge in [0.1, 0.15) is 6.10 Å². The minimum absolute atomic E-state index is 0.0456. The van der Waals surface area contributed by atoms with Crippen molar-refractivity contribution in [3.05, 3.63) is 46.2 Å². The van der Waals surface area contributed by atoms with Gasteiger partial charge in [-0.15, -0.1) is 0 Å². The van der Waals surface area contributed by atoms with Gasteiger partial charge in [0.25, 0.3) is 5.91 Å². The van der Waals surface area contributed by atoms with E-state index >= 15 is 0 Å². The molecule has 4 rings (SSSR count). The molecule has 1 saturated carbocycles. The molecular weight excluding hydrogens is 404 g/mol. The molecule has 6 nitrogen and oxygen atoms in total. The van der Waals surface area contributed by atoms with Crippen molar-refractivity contribution in [2.24, 2.45) is 5.92 Å². The van der Waals surface area contributed by atoms with E-state index in [-0.39, 0.29) is 35.6 Å². The average molecular weight is 433 g/mol. The molecule has 1 amide bonds. The van der Waals surface area contributed by atoms with Gasteiger partial charge in [0, 0.05) is 25.1 Å². The van der Waals surface area contributed by atoms with Crippen LogP contribution in [-0.2, 0) is 19.1 Å². The summed E-state index contributed by atoms with van der Waals surface area (Å²) in [7, 11) is 5.70. The third-order valence-corrected chi connectivity index (χ3v) is 6.64. The molecule has 1 aromatic rings. The Balaban J connectivity index is 1.69. The molecule has 0 N–H and O–H groups in total. The fraction of sp³-hybridized carbons (Fsp3) is 0.565. The van der Waals surface area contributed by atoms with Crippen LogP contribution in [0.15, 0.2) is 35.6 Å². The van der Waals surface area contributed by atoms with Crippen LogP contribution < -0.4 is 0 Å². The molecule has 30 heavy (non-hydrogen) atoms. The second-order valence-electron chi connectivity index (χ2n) is 8.65. The quantitative estimate of drug-likeness (QED) is 0.690. The summed E-state index contributed by atoms with van der Waals surface area (Å²) in [6, 6.07) is 6.99. The largest absolute Gasteiger partial charge is 0.483 e. The smallest absolute Gasteiger partial charge is 0.290 e. The highest BCUT2D eigenvalue weighted by molar-refractivity contribution is 6.30. The topological polar surface area (TPSA) is 59.1 Å². The Morgan fingerprint density at radius 1 is 1.27 bits per heavy atom. The van der Waals surface area contributed by atoms with E-state index in [0.29, 0.717) is 23.6 Å². The number of ether oxygens (including phenoxy) is 2. The van der Waals surface area contributed by atoms with Crippen LogP contribution in [0.4, 0.5) is 0 Å². The first-order valence-electron chi connectivity index (χ1n) is 10.6. The molecule has 1 aliphatic carbocycles. The van der Waals surface area contributed by atoms with Crippen LogP contribution in [-0.4, -0.2) is 68.0 Å². The molecule has 0 spiro atoms. The van der Waals surface area contributed by atoms with Crippen LogP contribution in [0.5, 0.6) is 0 Å². The van der Waals surface area contributed by atoms with Crippen molar-refractivity contribution in [1.82, 2.24) is 9.80 Å². The fourth-order valence-electron chi connectivity index (χ4n) is 4.90. The van der Waals surface area contributed by atoms with Crippen LogP contribution in [0.25, 0.3) is 0 Å². The maximum Gasteiger partial charge on any atom is 0.290 e. The number of hydrogen-bond acceptors (Lipinski definition) is 5. The highest BCUT2D eigenvalue weighted by Crippen LogP contribution is 2.47. The number of benzene rings is 1. The molecule has 1 aromatic carbocycles. The number of carbonyl (C=O) groups excluding carboxylic acids is 2. The summed E-state index contributed by atoms with van der Waals surface area (Å²) in [5.74, 6) is -0.136. The minimum atomic E-state index is -0.443. The summed E-state index contributed by atoms with van der Waals surface area (Å²) >= 11 is 6.25. The maximum atomic E-state index is 13.6. The monoisotopic (exact) mass is 432 g/mol. The van der Waals surface area contributed by atoms with E-state index in [2.05, 4.69) is 4.90 Å². The van der Waals surface area contributed by atoms with Crippen LogP contribution in [0.2, 0.25) is 5.02 Å². The number of methoxy groups -OCH3 is 1. The highest BCUT2D eigenvalue weighted by Gasteiger charge is 2.52. The Kier molecular flexibility index (Phi) is 6.19. The van der Waals surface area contributed by atoms with Gasteiger partial charge >= 0.3 is 0 Å². The second-order valence-corrected chi connectivity index (χ2v) is 9.09. The van der Waals surface area contributed by atoms with Crippen molar-refractivity contribution >= 4 is 23.3 Å². The number of halogens is 1. The number of ketones is 1. The molecule has 7 heteroatoms. The number of Topliss-reactive ketones (excluding diaryl/α,β-unsaturated/α-hetero) is 1. The second kappa shape index (κ2) is 8.69. The molecule has 4 unspecified atom stereocenters. The summed E-state index contributed by atoms with van der Waals surface area (Å²) in [5, 5.41) is 0.588. The lowest BCUT2D eigenvalue weighted by Crippen LogP contribution is -2.43. The fourth-order valence-corrected chi connectivity index (χ4v) is 5.10. The third kappa shape index (κ3) is 3.88. The van der Waals surface area contributed by atoms with E-state index in [4.69, 9.17) is 21.1 Å². The van der Waals surface area contributed by atoms with E-state index in [1.807, 2.05) is 32.3 Å². The van der Waals surface area contributed by atoms with Crippen molar-refractivity contribution in [1.29, 1.82) is 0 Å². The number of amides is 1. The molecule has 0 radical (unpaired) electrons. The Hall–Kier alpha value is -1.89. The normalized spacial score (nSPS) is 28.6. The van der Waals surface area contributed by atoms with Gasteiger partial charge in [0.05, 0.1) is 23.6 Å². The number of rotatable bonds is 6. The number of carbonyl (C=O) groups is 2. The first-order valence-corrected chi connectivity index (χ1v) is 11.0. The summed E-state index contributed by atoms with van der Waals surface area (Å²) in [6.45, 7) is 1.40. The van der Waals surface area contributed by atoms with Crippen LogP contribution >= 0.6 is 11.6 Å². The lowest BCUT2D eigenvalue weighted by atomic mass is 9.76. The van der Waals surface area contributed by atoms with Gasteiger partial charge in [-0.2, -0.15) is 0 Å². The Labute approximate surface area is 182 Å². The molecule has 4 atom stereocenters.